The van der Waals surface area contributed by atoms with E-state index in [0.717, 1.165) is 4.57 Å². The van der Waals surface area contributed by atoms with Gasteiger partial charge in [-0.05, 0) is 6.92 Å². The highest BCUT2D eigenvalue weighted by Crippen LogP contribution is 2.45. The van der Waals surface area contributed by atoms with Crippen molar-refractivity contribution in [2.75, 3.05) is 12.3 Å². The van der Waals surface area contributed by atoms with Crippen LogP contribution in [0.3, 0.4) is 0 Å². The van der Waals surface area contributed by atoms with Crippen molar-refractivity contribution in [2.45, 2.75) is 31.5 Å². The molecule has 14 nitrogen and oxygen atoms in total. The van der Waals surface area contributed by atoms with E-state index in [9.17, 15) is 19.0 Å². The second kappa shape index (κ2) is 7.44. The number of nitrogen functional groups attached to an aromatic ring is 1. The molecule has 1 aromatic rings. The maximum atomic E-state index is 12.0. The lowest BCUT2D eigenvalue weighted by Gasteiger charge is -2.21. The Morgan fingerprint density at radius 3 is 2.46 bits per heavy atom. The summed E-state index contributed by atoms with van der Waals surface area (Å²) in [5.74, 6) is -0.0665. The van der Waals surface area contributed by atoms with Crippen LogP contribution in [0.1, 0.15) is 11.8 Å². The highest BCUT2D eigenvalue weighted by molar-refractivity contribution is 7.46. The highest BCUT2D eigenvalue weighted by Gasteiger charge is 2.49. The minimum Gasteiger partial charge on any atom is -0.386 e. The summed E-state index contributed by atoms with van der Waals surface area (Å²) in [5.41, 5.74) is 4.92. The molecule has 16 heteroatoms. The standard InChI is InChI=1S/C10H17N3O11P2/c1-4-2-13(10(15)12-8(4)11)9-6(14)7(24-26(19,20)21)5(23-9)3-22-25(16,17)18/h2,5-7,9,14H,3H2,1H3,(H2,11,12,15)(H2,16,17,18)(H2,19,20,21). The molecule has 0 radical (unpaired) electrons. The van der Waals surface area contributed by atoms with E-state index in [-0.39, 0.29) is 5.82 Å². The van der Waals surface area contributed by atoms with Crippen LogP contribution >= 0.6 is 15.6 Å². The molecule has 4 atom stereocenters. The first-order valence-corrected chi connectivity index (χ1v) is 9.97. The Morgan fingerprint density at radius 2 is 1.92 bits per heavy atom. The number of hydrogen-bond acceptors (Lipinski definition) is 9. The molecule has 2 rings (SSSR count). The zero-order valence-corrected chi connectivity index (χ0v) is 14.9. The van der Waals surface area contributed by atoms with E-state index < -0.39 is 52.5 Å². The number of anilines is 1. The summed E-state index contributed by atoms with van der Waals surface area (Å²) in [4.78, 5) is 50.9. The average Bonchev–Trinajstić information content (AvgIpc) is 2.75. The Balaban J connectivity index is 2.35. The largest absolute Gasteiger partial charge is 0.470 e. The van der Waals surface area contributed by atoms with Gasteiger partial charge in [-0.15, -0.1) is 0 Å². The van der Waals surface area contributed by atoms with Gasteiger partial charge in [0, 0.05) is 11.8 Å². The molecule has 1 aliphatic rings. The lowest BCUT2D eigenvalue weighted by atomic mass is 10.1. The first-order valence-electron chi connectivity index (χ1n) is 6.91. The van der Waals surface area contributed by atoms with Gasteiger partial charge >= 0.3 is 21.3 Å². The first kappa shape index (κ1) is 21.1. The molecule has 0 spiro atoms. The lowest BCUT2D eigenvalue weighted by Crippen LogP contribution is -2.37. The molecular weight excluding hydrogens is 400 g/mol. The zero-order chi connectivity index (χ0) is 19.9. The van der Waals surface area contributed by atoms with Crippen molar-refractivity contribution in [3.63, 3.8) is 0 Å². The van der Waals surface area contributed by atoms with Crippen LogP contribution in [0.2, 0.25) is 0 Å². The van der Waals surface area contributed by atoms with Crippen LogP contribution in [-0.2, 0) is 22.9 Å². The molecular formula is C10H17N3O11P2. The van der Waals surface area contributed by atoms with Gasteiger partial charge in [-0.25, -0.2) is 13.9 Å². The van der Waals surface area contributed by atoms with E-state index in [1.165, 1.54) is 13.1 Å². The Hall–Kier alpha value is -1.18. The van der Waals surface area contributed by atoms with Crippen LogP contribution in [0.25, 0.3) is 0 Å². The van der Waals surface area contributed by atoms with Gasteiger partial charge in [-0.3, -0.25) is 13.6 Å². The van der Waals surface area contributed by atoms with Gasteiger partial charge < -0.3 is 35.2 Å². The van der Waals surface area contributed by atoms with Crippen molar-refractivity contribution < 1.29 is 47.6 Å². The Morgan fingerprint density at radius 1 is 1.31 bits per heavy atom. The van der Waals surface area contributed by atoms with Gasteiger partial charge in [0.05, 0.1) is 6.61 Å². The number of aliphatic hydroxyl groups excluding tert-OH is 1. The number of nitrogens with zero attached hydrogens (tertiary/aromatic N) is 2. The van der Waals surface area contributed by atoms with E-state index in [2.05, 4.69) is 14.0 Å². The smallest absolute Gasteiger partial charge is 0.386 e. The van der Waals surface area contributed by atoms with E-state index in [0.29, 0.717) is 5.56 Å². The average molecular weight is 417 g/mol. The van der Waals surface area contributed by atoms with Crippen molar-refractivity contribution in [1.82, 2.24) is 9.55 Å². The molecule has 1 saturated heterocycles. The monoisotopic (exact) mass is 417 g/mol. The molecule has 1 aromatic heterocycles. The quantitative estimate of drug-likeness (QED) is 0.275. The van der Waals surface area contributed by atoms with Gasteiger partial charge in [-0.1, -0.05) is 0 Å². The number of aryl methyl sites for hydroxylation is 1. The zero-order valence-electron chi connectivity index (χ0n) is 13.1. The molecule has 7 N–H and O–H groups in total. The van der Waals surface area contributed by atoms with E-state index in [4.69, 9.17) is 30.0 Å². The van der Waals surface area contributed by atoms with Crippen LogP contribution in [-0.4, -0.2) is 59.2 Å². The minimum absolute atomic E-state index is 0.0665. The number of ether oxygens (including phenoxy) is 1. The maximum Gasteiger partial charge on any atom is 0.470 e. The predicted molar refractivity (Wildman–Crippen MR) is 82.5 cm³/mol. The summed E-state index contributed by atoms with van der Waals surface area (Å²) in [6, 6.07) is 0. The second-order valence-corrected chi connectivity index (χ2v) is 7.83. The summed E-state index contributed by atoms with van der Waals surface area (Å²) >= 11 is 0. The lowest BCUT2D eigenvalue weighted by molar-refractivity contribution is -0.0541. The maximum absolute atomic E-state index is 12.0. The number of phosphoric ester groups is 2. The Labute approximate surface area is 145 Å². The summed E-state index contributed by atoms with van der Waals surface area (Å²) in [5, 5.41) is 10.3. The van der Waals surface area contributed by atoms with Crippen molar-refractivity contribution in [3.8, 4) is 0 Å². The van der Waals surface area contributed by atoms with E-state index in [1.807, 2.05) is 0 Å². The van der Waals surface area contributed by atoms with Crippen molar-refractivity contribution >= 4 is 21.5 Å². The third kappa shape index (κ3) is 5.18. The van der Waals surface area contributed by atoms with Crippen LogP contribution in [0.4, 0.5) is 5.82 Å². The molecule has 0 bridgehead atoms. The molecule has 1 aliphatic heterocycles. The van der Waals surface area contributed by atoms with Gasteiger partial charge in [0.25, 0.3) is 0 Å². The second-order valence-electron chi connectivity index (χ2n) is 5.40. The first-order chi connectivity index (χ1) is 11.8. The third-order valence-electron chi connectivity index (χ3n) is 3.42. The molecule has 2 heterocycles. The molecule has 0 amide bonds. The SMILES string of the molecule is Cc1cn(C2OC(COP(=O)(O)O)C(OP(=O)(O)O)C2O)c(=O)nc1N. The van der Waals surface area contributed by atoms with Gasteiger partial charge in [0.2, 0.25) is 0 Å². The fourth-order valence-corrected chi connectivity index (χ4v) is 3.22. The topological polar surface area (TPSA) is 224 Å². The molecule has 0 aromatic carbocycles. The summed E-state index contributed by atoms with van der Waals surface area (Å²) in [7, 11) is -10.1. The van der Waals surface area contributed by atoms with Crippen molar-refractivity contribution in [3.05, 3.63) is 22.2 Å². The molecule has 148 valence electrons. The predicted octanol–water partition coefficient (Wildman–Crippen LogP) is -2.02. The molecule has 26 heavy (non-hydrogen) atoms. The summed E-state index contributed by atoms with van der Waals surface area (Å²) in [6.07, 6.45) is -5.39. The van der Waals surface area contributed by atoms with Crippen molar-refractivity contribution in [2.24, 2.45) is 0 Å². The van der Waals surface area contributed by atoms with Crippen molar-refractivity contribution in [1.29, 1.82) is 0 Å². The highest BCUT2D eigenvalue weighted by atomic mass is 31.2. The van der Waals surface area contributed by atoms with E-state index in [1.54, 1.807) is 0 Å². The summed E-state index contributed by atoms with van der Waals surface area (Å²) in [6.45, 7) is 0.635. The van der Waals surface area contributed by atoms with Crippen LogP contribution in [0.15, 0.2) is 11.0 Å². The number of aliphatic hydroxyl groups is 1. The fraction of sp³-hybridized carbons (Fsp3) is 0.600. The molecule has 4 unspecified atom stereocenters. The third-order valence-corrected chi connectivity index (χ3v) is 4.43. The molecule has 1 fully saturated rings. The molecule has 0 aliphatic carbocycles. The minimum atomic E-state index is -5.11. The van der Waals surface area contributed by atoms with Gasteiger partial charge in [0.15, 0.2) is 6.23 Å². The Bertz CT molecular complexity index is 817. The summed E-state index contributed by atoms with van der Waals surface area (Å²) < 4.78 is 36.7. The normalized spacial score (nSPS) is 27.0. The van der Waals surface area contributed by atoms with Gasteiger partial charge in [-0.2, -0.15) is 4.98 Å². The van der Waals surface area contributed by atoms with E-state index >= 15 is 0 Å². The number of phosphoric acid groups is 2. The number of rotatable bonds is 6. The number of aromatic nitrogens is 2. The number of nitrogens with two attached hydrogens (primary N) is 1. The van der Waals surface area contributed by atoms with Crippen LogP contribution in [0, 0.1) is 6.92 Å². The van der Waals surface area contributed by atoms with Gasteiger partial charge in [0.1, 0.15) is 24.1 Å². The van der Waals surface area contributed by atoms with Crippen LogP contribution < -0.4 is 11.4 Å². The number of hydrogen-bond donors (Lipinski definition) is 6. The van der Waals surface area contributed by atoms with Crippen LogP contribution in [0.5, 0.6) is 0 Å². The fourth-order valence-electron chi connectivity index (χ4n) is 2.30. The molecule has 0 saturated carbocycles. The Kier molecular flexibility index (Phi) is 6.05.